The highest BCUT2D eigenvalue weighted by molar-refractivity contribution is 5.05. The fraction of sp³-hybridized carbons (Fsp3) is 0.938. The molecule has 0 aromatic carbocycles. The van der Waals surface area contributed by atoms with Crippen molar-refractivity contribution >= 4 is 0 Å². The zero-order valence-electron chi connectivity index (χ0n) is 12.0. The highest BCUT2D eigenvalue weighted by Crippen LogP contribution is 2.43. The van der Waals surface area contributed by atoms with Crippen LogP contribution in [-0.4, -0.2) is 34.2 Å². The Bertz CT molecular complexity index is 350. The first-order chi connectivity index (χ1) is 9.22. The quantitative estimate of drug-likeness (QED) is 0.832. The molecule has 2 aliphatic heterocycles. The molecule has 3 nitrogen and oxygen atoms in total. The van der Waals surface area contributed by atoms with Gasteiger partial charge in [0.15, 0.2) is 0 Å². The molecule has 3 heteroatoms. The van der Waals surface area contributed by atoms with Crippen molar-refractivity contribution in [3.8, 4) is 6.07 Å². The first-order valence-corrected chi connectivity index (χ1v) is 8.08. The number of rotatable bonds is 2. The second-order valence-corrected chi connectivity index (χ2v) is 6.85. The third-order valence-electron chi connectivity index (χ3n) is 5.82. The van der Waals surface area contributed by atoms with E-state index in [-0.39, 0.29) is 12.0 Å². The highest BCUT2D eigenvalue weighted by Gasteiger charge is 2.46. The van der Waals surface area contributed by atoms with E-state index in [9.17, 15) is 10.4 Å². The first-order valence-electron chi connectivity index (χ1n) is 8.08. The van der Waals surface area contributed by atoms with Crippen molar-refractivity contribution in [2.75, 3.05) is 0 Å². The largest absolute Gasteiger partial charge is 0.393 e. The van der Waals surface area contributed by atoms with Crippen molar-refractivity contribution in [1.82, 2.24) is 4.90 Å². The van der Waals surface area contributed by atoms with Gasteiger partial charge in [0.05, 0.1) is 18.1 Å². The molecule has 2 saturated heterocycles. The SMILES string of the molecule is CCC1CCC(C#N)C(N2C3CCC2CC(O)C3)C1. The number of nitriles is 1. The van der Waals surface area contributed by atoms with Gasteiger partial charge in [0.25, 0.3) is 0 Å². The summed E-state index contributed by atoms with van der Waals surface area (Å²) >= 11 is 0. The minimum atomic E-state index is -0.0974. The molecule has 1 saturated carbocycles. The van der Waals surface area contributed by atoms with Crippen LogP contribution in [0, 0.1) is 23.2 Å². The lowest BCUT2D eigenvalue weighted by atomic mass is 9.76. The average Bonchev–Trinajstić information content (AvgIpc) is 2.70. The van der Waals surface area contributed by atoms with E-state index in [0.717, 1.165) is 25.2 Å². The van der Waals surface area contributed by atoms with Crippen LogP contribution < -0.4 is 0 Å². The molecule has 19 heavy (non-hydrogen) atoms. The third-order valence-corrected chi connectivity index (χ3v) is 5.82. The van der Waals surface area contributed by atoms with Gasteiger partial charge in [0, 0.05) is 18.1 Å². The maximum absolute atomic E-state index is 9.94. The Morgan fingerprint density at radius 2 is 1.79 bits per heavy atom. The van der Waals surface area contributed by atoms with Gasteiger partial charge < -0.3 is 5.11 Å². The topological polar surface area (TPSA) is 47.3 Å². The maximum atomic E-state index is 9.94. The van der Waals surface area contributed by atoms with Crippen LogP contribution in [0.4, 0.5) is 0 Å². The number of fused-ring (bicyclic) bond motifs is 2. The Morgan fingerprint density at radius 3 is 2.37 bits per heavy atom. The normalized spacial score (nSPS) is 47.0. The molecule has 0 radical (unpaired) electrons. The maximum Gasteiger partial charge on any atom is 0.0672 e. The summed E-state index contributed by atoms with van der Waals surface area (Å²) in [6.45, 7) is 2.28. The van der Waals surface area contributed by atoms with Gasteiger partial charge in [-0.15, -0.1) is 0 Å². The Hall–Kier alpha value is -0.590. The molecule has 3 fully saturated rings. The Balaban J connectivity index is 1.77. The van der Waals surface area contributed by atoms with Crippen LogP contribution in [0.25, 0.3) is 0 Å². The highest BCUT2D eigenvalue weighted by atomic mass is 16.3. The number of hydrogen-bond acceptors (Lipinski definition) is 3. The van der Waals surface area contributed by atoms with E-state index in [2.05, 4.69) is 17.9 Å². The lowest BCUT2D eigenvalue weighted by molar-refractivity contribution is -0.0167. The number of aliphatic hydroxyl groups is 1. The van der Waals surface area contributed by atoms with Crippen LogP contribution in [0.1, 0.15) is 58.3 Å². The molecule has 1 N–H and O–H groups in total. The predicted molar refractivity (Wildman–Crippen MR) is 74.4 cm³/mol. The van der Waals surface area contributed by atoms with Crippen molar-refractivity contribution in [2.24, 2.45) is 11.8 Å². The van der Waals surface area contributed by atoms with Crippen LogP contribution in [-0.2, 0) is 0 Å². The fourth-order valence-corrected chi connectivity index (χ4v) is 4.81. The molecule has 0 amide bonds. The van der Waals surface area contributed by atoms with E-state index in [1.165, 1.54) is 32.1 Å². The molecule has 5 atom stereocenters. The van der Waals surface area contributed by atoms with Gasteiger partial charge in [-0.25, -0.2) is 0 Å². The number of hydrogen-bond donors (Lipinski definition) is 1. The van der Waals surface area contributed by atoms with E-state index in [0.29, 0.717) is 18.1 Å². The van der Waals surface area contributed by atoms with Gasteiger partial charge in [-0.3, -0.25) is 4.90 Å². The molecule has 3 rings (SSSR count). The Labute approximate surface area is 116 Å². The molecular formula is C16H26N2O. The number of nitrogens with zero attached hydrogens (tertiary/aromatic N) is 2. The minimum Gasteiger partial charge on any atom is -0.393 e. The monoisotopic (exact) mass is 262 g/mol. The zero-order valence-corrected chi connectivity index (χ0v) is 12.0. The lowest BCUT2D eigenvalue weighted by Crippen LogP contribution is -2.54. The van der Waals surface area contributed by atoms with Gasteiger partial charge >= 0.3 is 0 Å². The van der Waals surface area contributed by atoms with E-state index in [1.54, 1.807) is 0 Å². The van der Waals surface area contributed by atoms with E-state index in [1.807, 2.05) is 0 Å². The smallest absolute Gasteiger partial charge is 0.0672 e. The third kappa shape index (κ3) is 2.41. The van der Waals surface area contributed by atoms with Crippen LogP contribution in [0.3, 0.4) is 0 Å². The van der Waals surface area contributed by atoms with Crippen molar-refractivity contribution in [1.29, 1.82) is 5.26 Å². The number of aliphatic hydroxyl groups excluding tert-OH is 1. The molecule has 0 spiro atoms. The average molecular weight is 262 g/mol. The van der Waals surface area contributed by atoms with Gasteiger partial charge in [-0.2, -0.15) is 5.26 Å². The van der Waals surface area contributed by atoms with Crippen LogP contribution in [0.2, 0.25) is 0 Å². The first kappa shape index (κ1) is 13.4. The van der Waals surface area contributed by atoms with Gasteiger partial charge in [-0.1, -0.05) is 13.3 Å². The van der Waals surface area contributed by atoms with Crippen molar-refractivity contribution in [3.63, 3.8) is 0 Å². The molecule has 2 heterocycles. The van der Waals surface area contributed by atoms with Gasteiger partial charge in [0.1, 0.15) is 0 Å². The fourth-order valence-electron chi connectivity index (χ4n) is 4.81. The standard InChI is InChI=1S/C16H26N2O/c1-2-11-3-4-12(10-17)16(7-11)18-13-5-6-14(18)9-15(19)8-13/h11-16,19H,2-9H2,1H3. The summed E-state index contributed by atoms with van der Waals surface area (Å²) in [5.74, 6) is 1.03. The van der Waals surface area contributed by atoms with Gasteiger partial charge in [-0.05, 0) is 50.9 Å². The predicted octanol–water partition coefficient (Wildman–Crippen LogP) is 2.69. The summed E-state index contributed by atoms with van der Waals surface area (Å²) in [5, 5.41) is 19.4. The molecule has 0 aromatic rings. The molecule has 3 aliphatic rings. The lowest BCUT2D eigenvalue weighted by Gasteiger charge is -2.47. The second-order valence-electron chi connectivity index (χ2n) is 6.85. The summed E-state index contributed by atoms with van der Waals surface area (Å²) in [4.78, 5) is 2.66. The molecule has 0 aromatic heterocycles. The van der Waals surface area contributed by atoms with Crippen LogP contribution in [0.5, 0.6) is 0 Å². The van der Waals surface area contributed by atoms with E-state index in [4.69, 9.17) is 0 Å². The summed E-state index contributed by atoms with van der Waals surface area (Å²) in [6.07, 6.45) is 9.00. The molecular weight excluding hydrogens is 236 g/mol. The van der Waals surface area contributed by atoms with E-state index < -0.39 is 0 Å². The second kappa shape index (κ2) is 5.42. The molecule has 1 aliphatic carbocycles. The minimum absolute atomic E-state index is 0.0974. The summed E-state index contributed by atoms with van der Waals surface area (Å²) in [5.41, 5.74) is 0. The molecule has 2 bridgehead atoms. The van der Waals surface area contributed by atoms with Gasteiger partial charge in [0.2, 0.25) is 0 Å². The zero-order chi connectivity index (χ0) is 13.4. The molecule has 106 valence electrons. The summed E-state index contributed by atoms with van der Waals surface area (Å²) in [7, 11) is 0. The van der Waals surface area contributed by atoms with Crippen molar-refractivity contribution in [3.05, 3.63) is 0 Å². The van der Waals surface area contributed by atoms with Crippen molar-refractivity contribution < 1.29 is 5.11 Å². The Kier molecular flexibility index (Phi) is 3.82. The van der Waals surface area contributed by atoms with Crippen LogP contribution in [0.15, 0.2) is 0 Å². The van der Waals surface area contributed by atoms with E-state index >= 15 is 0 Å². The molecule has 5 unspecified atom stereocenters. The summed E-state index contributed by atoms with van der Waals surface area (Å²) < 4.78 is 0. The van der Waals surface area contributed by atoms with Crippen LogP contribution >= 0.6 is 0 Å². The number of piperidine rings is 1. The summed E-state index contributed by atoms with van der Waals surface area (Å²) in [6, 6.07) is 4.13. The van der Waals surface area contributed by atoms with Crippen molar-refractivity contribution in [2.45, 2.75) is 82.5 Å². The Morgan fingerprint density at radius 1 is 1.11 bits per heavy atom.